The largest absolute Gasteiger partial charge is 0.388 e. The van der Waals surface area contributed by atoms with E-state index in [1.54, 1.807) is 0 Å². The van der Waals surface area contributed by atoms with Crippen LogP contribution in [0.25, 0.3) is 0 Å². The van der Waals surface area contributed by atoms with Gasteiger partial charge in [-0.2, -0.15) is 5.10 Å². The van der Waals surface area contributed by atoms with E-state index in [2.05, 4.69) is 23.6 Å². The van der Waals surface area contributed by atoms with Crippen molar-refractivity contribution in [3.05, 3.63) is 17.0 Å². The first kappa shape index (κ1) is 15.2. The Kier molecular flexibility index (Phi) is 6.41. The molecule has 0 aliphatic carbocycles. The Hall–Kier alpha value is -0.830. The summed E-state index contributed by atoms with van der Waals surface area (Å²) in [6, 6.07) is 0. The van der Waals surface area contributed by atoms with E-state index < -0.39 is 0 Å². The maximum Gasteiger partial charge on any atom is 0.0823 e. The fraction of sp³-hybridized carbons (Fsp3) is 0.800. The number of aliphatic hydroxyl groups is 1. The van der Waals surface area contributed by atoms with Crippen LogP contribution in [0, 0.1) is 13.8 Å². The van der Waals surface area contributed by atoms with Gasteiger partial charge < -0.3 is 5.11 Å². The van der Waals surface area contributed by atoms with E-state index in [0.717, 1.165) is 29.9 Å². The molecule has 0 saturated carbocycles. The number of nitrogens with zero attached hydrogens (tertiary/aromatic N) is 2. The highest BCUT2D eigenvalue weighted by molar-refractivity contribution is 5.26. The molecular formula is C15H28N2O. The van der Waals surface area contributed by atoms with Crippen molar-refractivity contribution in [3.8, 4) is 0 Å². The lowest BCUT2D eigenvalue weighted by Gasteiger charge is -2.09. The summed E-state index contributed by atoms with van der Waals surface area (Å²) < 4.78 is 2.06. The molecule has 0 bridgehead atoms. The van der Waals surface area contributed by atoms with Crippen LogP contribution in [-0.2, 0) is 6.54 Å². The van der Waals surface area contributed by atoms with Gasteiger partial charge in [-0.05, 0) is 26.7 Å². The summed E-state index contributed by atoms with van der Waals surface area (Å²) in [5, 5.41) is 14.5. The van der Waals surface area contributed by atoms with Crippen molar-refractivity contribution < 1.29 is 5.11 Å². The van der Waals surface area contributed by atoms with Crippen molar-refractivity contribution in [1.82, 2.24) is 9.78 Å². The van der Waals surface area contributed by atoms with E-state index in [9.17, 15) is 5.11 Å². The van der Waals surface area contributed by atoms with Crippen LogP contribution in [0.4, 0.5) is 0 Å². The third-order valence-electron chi connectivity index (χ3n) is 3.63. The molecule has 0 aromatic carbocycles. The lowest BCUT2D eigenvalue weighted by Crippen LogP contribution is -2.04. The highest BCUT2D eigenvalue weighted by Gasteiger charge is 2.17. The third kappa shape index (κ3) is 3.84. The zero-order valence-corrected chi connectivity index (χ0v) is 12.4. The molecule has 3 heteroatoms. The fourth-order valence-electron chi connectivity index (χ4n) is 2.48. The molecule has 1 aromatic heterocycles. The van der Waals surface area contributed by atoms with Gasteiger partial charge in [0.25, 0.3) is 0 Å². The molecule has 0 amide bonds. The number of aliphatic hydroxyl groups excluding tert-OH is 1. The molecule has 0 radical (unpaired) electrons. The zero-order valence-electron chi connectivity index (χ0n) is 12.4. The van der Waals surface area contributed by atoms with Crippen LogP contribution in [0.5, 0.6) is 0 Å². The van der Waals surface area contributed by atoms with Crippen LogP contribution in [-0.4, -0.2) is 14.9 Å². The van der Waals surface area contributed by atoms with E-state index in [1.165, 1.54) is 32.1 Å². The molecule has 1 heterocycles. The van der Waals surface area contributed by atoms with Gasteiger partial charge in [0.05, 0.1) is 11.8 Å². The molecular weight excluding hydrogens is 224 g/mol. The maximum absolute atomic E-state index is 9.99. The van der Waals surface area contributed by atoms with Crippen LogP contribution in [0.3, 0.4) is 0 Å². The lowest BCUT2D eigenvalue weighted by atomic mass is 10.1. The minimum atomic E-state index is -0.362. The first-order valence-electron chi connectivity index (χ1n) is 7.33. The first-order chi connectivity index (χ1) is 8.61. The summed E-state index contributed by atoms with van der Waals surface area (Å²) in [6.45, 7) is 9.28. The molecule has 0 saturated heterocycles. The maximum atomic E-state index is 9.99. The highest BCUT2D eigenvalue weighted by atomic mass is 16.3. The van der Waals surface area contributed by atoms with Crippen molar-refractivity contribution in [2.24, 2.45) is 0 Å². The molecule has 3 nitrogen and oxygen atoms in total. The lowest BCUT2D eigenvalue weighted by molar-refractivity contribution is 0.172. The summed E-state index contributed by atoms with van der Waals surface area (Å²) >= 11 is 0. The van der Waals surface area contributed by atoms with Crippen molar-refractivity contribution in [2.45, 2.75) is 78.9 Å². The normalized spacial score (nSPS) is 12.9. The molecule has 0 spiro atoms. The van der Waals surface area contributed by atoms with Gasteiger partial charge >= 0.3 is 0 Å². The van der Waals surface area contributed by atoms with Crippen molar-refractivity contribution >= 4 is 0 Å². The van der Waals surface area contributed by atoms with E-state index in [1.807, 2.05) is 13.8 Å². The summed E-state index contributed by atoms with van der Waals surface area (Å²) in [4.78, 5) is 0. The second-order valence-corrected chi connectivity index (χ2v) is 5.15. The molecule has 104 valence electrons. The minimum absolute atomic E-state index is 0.362. The highest BCUT2D eigenvalue weighted by Crippen LogP contribution is 2.24. The van der Waals surface area contributed by atoms with Gasteiger partial charge in [-0.25, -0.2) is 0 Å². The average molecular weight is 252 g/mol. The van der Waals surface area contributed by atoms with Crippen molar-refractivity contribution in [1.29, 1.82) is 0 Å². The predicted molar refractivity (Wildman–Crippen MR) is 75.7 cm³/mol. The minimum Gasteiger partial charge on any atom is -0.388 e. The van der Waals surface area contributed by atoms with Gasteiger partial charge in [-0.15, -0.1) is 0 Å². The molecule has 18 heavy (non-hydrogen) atoms. The van der Waals surface area contributed by atoms with Crippen LogP contribution in [0.1, 0.15) is 75.4 Å². The molecule has 1 N–H and O–H groups in total. The Morgan fingerprint density at radius 1 is 1.11 bits per heavy atom. The number of hydrogen-bond acceptors (Lipinski definition) is 2. The summed E-state index contributed by atoms with van der Waals surface area (Å²) in [5.74, 6) is 0. The Bertz CT molecular complexity index is 358. The van der Waals surface area contributed by atoms with Gasteiger partial charge in [-0.1, -0.05) is 39.5 Å². The van der Waals surface area contributed by atoms with Gasteiger partial charge in [0.1, 0.15) is 0 Å². The summed E-state index contributed by atoms with van der Waals surface area (Å²) in [6.07, 6.45) is 6.79. The van der Waals surface area contributed by atoms with Gasteiger partial charge in [-0.3, -0.25) is 4.68 Å². The van der Waals surface area contributed by atoms with E-state index in [-0.39, 0.29) is 6.10 Å². The monoisotopic (exact) mass is 252 g/mol. The van der Waals surface area contributed by atoms with E-state index in [0.29, 0.717) is 0 Å². The summed E-state index contributed by atoms with van der Waals surface area (Å²) in [5.41, 5.74) is 3.15. The third-order valence-corrected chi connectivity index (χ3v) is 3.63. The fourth-order valence-corrected chi connectivity index (χ4v) is 2.48. The standard InChI is InChI=1S/C15H28N2O/c1-5-7-8-9-10-11-17-13(4)15(12(3)16-17)14(18)6-2/h14,18H,5-11H2,1-4H3. The Morgan fingerprint density at radius 2 is 1.78 bits per heavy atom. The number of hydrogen-bond donors (Lipinski definition) is 1. The van der Waals surface area contributed by atoms with Gasteiger partial charge in [0.2, 0.25) is 0 Å². The Labute approximate surface area is 111 Å². The second kappa shape index (κ2) is 7.57. The van der Waals surface area contributed by atoms with Crippen molar-refractivity contribution in [3.63, 3.8) is 0 Å². The SMILES string of the molecule is CCCCCCCn1nc(C)c(C(O)CC)c1C. The van der Waals surface area contributed by atoms with Crippen LogP contribution in [0.2, 0.25) is 0 Å². The number of aromatic nitrogens is 2. The molecule has 1 aromatic rings. The Balaban J connectivity index is 2.57. The van der Waals surface area contributed by atoms with Gasteiger partial charge in [0.15, 0.2) is 0 Å². The number of rotatable bonds is 8. The molecule has 0 aliphatic heterocycles. The topological polar surface area (TPSA) is 38.0 Å². The molecule has 0 aliphatic rings. The van der Waals surface area contributed by atoms with E-state index >= 15 is 0 Å². The average Bonchev–Trinajstić information content (AvgIpc) is 2.63. The van der Waals surface area contributed by atoms with E-state index in [4.69, 9.17) is 0 Å². The first-order valence-corrected chi connectivity index (χ1v) is 7.33. The van der Waals surface area contributed by atoms with Crippen LogP contribution < -0.4 is 0 Å². The van der Waals surface area contributed by atoms with Crippen LogP contribution in [0.15, 0.2) is 0 Å². The number of unbranched alkanes of at least 4 members (excludes halogenated alkanes) is 4. The quantitative estimate of drug-likeness (QED) is 0.712. The predicted octanol–water partition coefficient (Wildman–Crippen LogP) is 3.91. The zero-order chi connectivity index (χ0) is 13.5. The summed E-state index contributed by atoms with van der Waals surface area (Å²) in [7, 11) is 0. The molecule has 1 unspecified atom stereocenters. The molecule has 1 rings (SSSR count). The second-order valence-electron chi connectivity index (χ2n) is 5.15. The van der Waals surface area contributed by atoms with Crippen LogP contribution >= 0.6 is 0 Å². The molecule has 0 fully saturated rings. The Morgan fingerprint density at radius 3 is 2.39 bits per heavy atom. The van der Waals surface area contributed by atoms with Crippen molar-refractivity contribution in [2.75, 3.05) is 0 Å². The van der Waals surface area contributed by atoms with Gasteiger partial charge in [0, 0.05) is 17.8 Å². The number of aryl methyl sites for hydroxylation is 2. The molecule has 1 atom stereocenters. The smallest absolute Gasteiger partial charge is 0.0823 e.